The molecule has 1 rings (SSSR count). The summed E-state index contributed by atoms with van der Waals surface area (Å²) in [7, 11) is 0. The van der Waals surface area contributed by atoms with Gasteiger partial charge in [-0.3, -0.25) is 0 Å². The Hall–Kier alpha value is -0.810. The second-order valence-electron chi connectivity index (χ2n) is 2.91. The van der Waals surface area contributed by atoms with Gasteiger partial charge < -0.3 is 5.11 Å². The first-order chi connectivity index (χ1) is 6.86. The molecule has 0 saturated heterocycles. The topological polar surface area (TPSA) is 20.2 Å². The van der Waals surface area contributed by atoms with Gasteiger partial charge in [-0.05, 0) is 17.7 Å². The van der Waals surface area contributed by atoms with E-state index in [0.717, 1.165) is 12.1 Å². The van der Waals surface area contributed by atoms with E-state index in [-0.39, 0.29) is 4.47 Å². The molecule has 0 amide bonds. The molecule has 0 aliphatic heterocycles. The molecule has 0 fully saturated rings. The van der Waals surface area contributed by atoms with E-state index >= 15 is 0 Å². The molecule has 82 valence electrons. The van der Waals surface area contributed by atoms with Gasteiger partial charge >= 0.3 is 6.18 Å². The van der Waals surface area contributed by atoms with Gasteiger partial charge in [-0.2, -0.15) is 13.2 Å². The summed E-state index contributed by atoms with van der Waals surface area (Å²) in [4.78, 5) is 0. The van der Waals surface area contributed by atoms with Crippen LogP contribution in [0.4, 0.5) is 13.2 Å². The highest BCUT2D eigenvalue weighted by Gasteiger charge is 2.31. The lowest BCUT2D eigenvalue weighted by molar-refractivity contribution is -0.137. The quantitative estimate of drug-likeness (QED) is 0.820. The standard InChI is InChI=1S/C10H8BrF3O/c1-2-9(15)7-4-3-6(5-8(7)11)10(12,13)14/h2-5,9,15H,1H2. The smallest absolute Gasteiger partial charge is 0.384 e. The fourth-order valence-corrected chi connectivity index (χ4v) is 1.68. The fourth-order valence-electron chi connectivity index (χ4n) is 1.07. The molecule has 0 saturated carbocycles. The van der Waals surface area contributed by atoms with Crippen LogP contribution in [0.3, 0.4) is 0 Å². The molecule has 1 aromatic carbocycles. The predicted octanol–water partition coefficient (Wildman–Crippen LogP) is 3.69. The molecule has 0 heterocycles. The summed E-state index contributed by atoms with van der Waals surface area (Å²) in [5.74, 6) is 0. The van der Waals surface area contributed by atoms with E-state index in [0.29, 0.717) is 5.56 Å². The van der Waals surface area contributed by atoms with Crippen molar-refractivity contribution >= 4 is 15.9 Å². The Morgan fingerprint density at radius 3 is 2.40 bits per heavy atom. The lowest BCUT2D eigenvalue weighted by Crippen LogP contribution is -2.06. The maximum absolute atomic E-state index is 12.3. The second-order valence-corrected chi connectivity index (χ2v) is 3.77. The maximum Gasteiger partial charge on any atom is 0.416 e. The molecule has 15 heavy (non-hydrogen) atoms. The first-order valence-electron chi connectivity index (χ1n) is 4.03. The minimum absolute atomic E-state index is 0.213. The molecule has 1 unspecified atom stereocenters. The summed E-state index contributed by atoms with van der Waals surface area (Å²) in [6.45, 7) is 3.36. The van der Waals surface area contributed by atoms with E-state index in [1.165, 1.54) is 12.1 Å². The van der Waals surface area contributed by atoms with Crippen LogP contribution in [0, 0.1) is 0 Å². The molecule has 1 atom stereocenters. The monoisotopic (exact) mass is 280 g/mol. The zero-order valence-electron chi connectivity index (χ0n) is 7.55. The molecule has 1 N–H and O–H groups in total. The number of benzene rings is 1. The van der Waals surface area contributed by atoms with Crippen LogP contribution >= 0.6 is 15.9 Å². The number of halogens is 4. The molecule has 0 radical (unpaired) electrons. The zero-order chi connectivity index (χ0) is 11.6. The molecule has 0 aliphatic carbocycles. The molecule has 0 aromatic heterocycles. The highest BCUT2D eigenvalue weighted by Crippen LogP contribution is 2.33. The van der Waals surface area contributed by atoms with Gasteiger partial charge in [0.25, 0.3) is 0 Å². The number of hydrogen-bond donors (Lipinski definition) is 1. The fraction of sp³-hybridized carbons (Fsp3) is 0.200. The summed E-state index contributed by atoms with van der Waals surface area (Å²) >= 11 is 2.97. The first-order valence-corrected chi connectivity index (χ1v) is 4.83. The zero-order valence-corrected chi connectivity index (χ0v) is 9.14. The van der Waals surface area contributed by atoms with Crippen LogP contribution in [0.5, 0.6) is 0 Å². The summed E-state index contributed by atoms with van der Waals surface area (Å²) < 4.78 is 37.0. The molecule has 5 heteroatoms. The third kappa shape index (κ3) is 2.82. The number of aliphatic hydroxyl groups is 1. The van der Waals surface area contributed by atoms with Crippen molar-refractivity contribution in [1.82, 2.24) is 0 Å². The number of rotatable bonds is 2. The Labute approximate surface area is 93.4 Å². The van der Waals surface area contributed by atoms with Crippen molar-refractivity contribution < 1.29 is 18.3 Å². The molecule has 0 aliphatic rings. The van der Waals surface area contributed by atoms with Crippen molar-refractivity contribution in [3.05, 3.63) is 46.5 Å². The van der Waals surface area contributed by atoms with E-state index in [9.17, 15) is 18.3 Å². The lowest BCUT2D eigenvalue weighted by atomic mass is 10.1. The Morgan fingerprint density at radius 2 is 2.00 bits per heavy atom. The van der Waals surface area contributed by atoms with Crippen molar-refractivity contribution in [2.75, 3.05) is 0 Å². The van der Waals surface area contributed by atoms with Crippen molar-refractivity contribution in [2.45, 2.75) is 12.3 Å². The van der Waals surface area contributed by atoms with Crippen molar-refractivity contribution in [1.29, 1.82) is 0 Å². The largest absolute Gasteiger partial charge is 0.416 e. The summed E-state index contributed by atoms with van der Waals surface area (Å²) in [5, 5.41) is 9.37. The van der Waals surface area contributed by atoms with E-state index in [4.69, 9.17) is 0 Å². The normalized spacial score (nSPS) is 13.7. The average molecular weight is 281 g/mol. The van der Waals surface area contributed by atoms with Gasteiger partial charge in [0, 0.05) is 4.47 Å². The van der Waals surface area contributed by atoms with E-state index in [1.807, 2.05) is 0 Å². The molecule has 1 aromatic rings. The van der Waals surface area contributed by atoms with Gasteiger partial charge in [0.1, 0.15) is 0 Å². The SMILES string of the molecule is C=CC(O)c1ccc(C(F)(F)F)cc1Br. The molecular weight excluding hydrogens is 273 g/mol. The van der Waals surface area contributed by atoms with Crippen LogP contribution in [0.15, 0.2) is 35.3 Å². The Balaban J connectivity index is 3.14. The van der Waals surface area contributed by atoms with Crippen LogP contribution in [0.2, 0.25) is 0 Å². The number of alkyl halides is 3. The van der Waals surface area contributed by atoms with Crippen LogP contribution in [-0.4, -0.2) is 5.11 Å². The van der Waals surface area contributed by atoms with E-state index in [1.54, 1.807) is 0 Å². The predicted molar refractivity (Wildman–Crippen MR) is 54.3 cm³/mol. The van der Waals surface area contributed by atoms with Gasteiger partial charge in [0.05, 0.1) is 11.7 Å². The Morgan fingerprint density at radius 1 is 1.40 bits per heavy atom. The molecular formula is C10H8BrF3O. The summed E-state index contributed by atoms with van der Waals surface area (Å²) in [6.07, 6.45) is -4.10. The number of hydrogen-bond acceptors (Lipinski definition) is 1. The Kier molecular flexibility index (Phi) is 3.57. The van der Waals surface area contributed by atoms with Gasteiger partial charge in [0.2, 0.25) is 0 Å². The minimum atomic E-state index is -4.37. The van der Waals surface area contributed by atoms with Gasteiger partial charge in [-0.1, -0.05) is 28.1 Å². The average Bonchev–Trinajstić information content (AvgIpc) is 2.15. The molecule has 0 spiro atoms. The van der Waals surface area contributed by atoms with Gasteiger partial charge in [-0.15, -0.1) is 6.58 Å². The van der Waals surface area contributed by atoms with E-state index in [2.05, 4.69) is 22.5 Å². The lowest BCUT2D eigenvalue weighted by Gasteiger charge is -2.12. The van der Waals surface area contributed by atoms with Crippen LogP contribution in [0.1, 0.15) is 17.2 Å². The van der Waals surface area contributed by atoms with E-state index < -0.39 is 17.8 Å². The van der Waals surface area contributed by atoms with Crippen molar-refractivity contribution in [3.8, 4) is 0 Å². The molecule has 0 bridgehead atoms. The highest BCUT2D eigenvalue weighted by atomic mass is 79.9. The third-order valence-corrected chi connectivity index (χ3v) is 2.56. The van der Waals surface area contributed by atoms with Crippen LogP contribution < -0.4 is 0 Å². The minimum Gasteiger partial charge on any atom is -0.384 e. The van der Waals surface area contributed by atoms with Crippen LogP contribution in [0.25, 0.3) is 0 Å². The Bertz CT molecular complexity index is 373. The number of aliphatic hydroxyl groups excluding tert-OH is 1. The van der Waals surface area contributed by atoms with Gasteiger partial charge in [0.15, 0.2) is 0 Å². The molecule has 1 nitrogen and oxygen atoms in total. The summed E-state index contributed by atoms with van der Waals surface area (Å²) in [5.41, 5.74) is -0.396. The van der Waals surface area contributed by atoms with Gasteiger partial charge in [-0.25, -0.2) is 0 Å². The van der Waals surface area contributed by atoms with Crippen LogP contribution in [-0.2, 0) is 6.18 Å². The van der Waals surface area contributed by atoms with Crippen molar-refractivity contribution in [2.24, 2.45) is 0 Å². The third-order valence-electron chi connectivity index (χ3n) is 1.87. The maximum atomic E-state index is 12.3. The summed E-state index contributed by atoms with van der Waals surface area (Å²) in [6, 6.07) is 3.08. The first kappa shape index (κ1) is 12.3. The highest BCUT2D eigenvalue weighted by molar-refractivity contribution is 9.10. The second kappa shape index (κ2) is 4.37. The van der Waals surface area contributed by atoms with Crippen molar-refractivity contribution in [3.63, 3.8) is 0 Å².